The summed E-state index contributed by atoms with van der Waals surface area (Å²) in [6, 6.07) is 0. The first kappa shape index (κ1) is 16.8. The normalized spacial score (nSPS) is 43.9. The van der Waals surface area contributed by atoms with E-state index in [9.17, 15) is 5.11 Å². The fourth-order valence-electron chi connectivity index (χ4n) is 5.75. The van der Waals surface area contributed by atoms with Gasteiger partial charge in [0.25, 0.3) is 0 Å². The largest absolute Gasteiger partial charge is 0.396 e. The third-order valence-corrected chi connectivity index (χ3v) is 7.25. The van der Waals surface area contributed by atoms with Crippen LogP contribution in [0.5, 0.6) is 0 Å². The summed E-state index contributed by atoms with van der Waals surface area (Å²) in [6.45, 7) is 12.5. The third-order valence-electron chi connectivity index (χ3n) is 7.25. The molecule has 3 rings (SSSR count). The lowest BCUT2D eigenvalue weighted by molar-refractivity contribution is -0.205. The van der Waals surface area contributed by atoms with Crippen LogP contribution in [-0.4, -0.2) is 23.9 Å². The van der Waals surface area contributed by atoms with Crippen molar-refractivity contribution in [3.8, 4) is 0 Å². The van der Waals surface area contributed by atoms with Crippen LogP contribution in [0.1, 0.15) is 79.6 Å². The van der Waals surface area contributed by atoms with Gasteiger partial charge in [0, 0.05) is 5.41 Å². The molecule has 0 aromatic carbocycles. The van der Waals surface area contributed by atoms with Crippen LogP contribution < -0.4 is 0 Å². The lowest BCUT2D eigenvalue weighted by Gasteiger charge is -2.60. The van der Waals surface area contributed by atoms with Crippen molar-refractivity contribution in [2.75, 3.05) is 13.2 Å². The van der Waals surface area contributed by atoms with Gasteiger partial charge in [-0.2, -0.15) is 0 Å². The van der Waals surface area contributed by atoms with Gasteiger partial charge in [0.15, 0.2) is 0 Å². The maximum Gasteiger partial charge on any atom is 0.0719 e. The Morgan fingerprint density at radius 2 is 1.82 bits per heavy atom. The van der Waals surface area contributed by atoms with E-state index in [0.717, 1.165) is 11.8 Å². The Bertz CT molecular complexity index is 427. The number of aliphatic hydroxyl groups excluding tert-OH is 1. The number of hydrogen-bond donors (Lipinski definition) is 1. The van der Waals surface area contributed by atoms with Gasteiger partial charge in [-0.3, -0.25) is 0 Å². The summed E-state index contributed by atoms with van der Waals surface area (Å²) in [7, 11) is 0. The van der Waals surface area contributed by atoms with Gasteiger partial charge in [0.1, 0.15) is 0 Å². The molecular formula is C20H36O2. The highest BCUT2D eigenvalue weighted by Gasteiger charge is 2.61. The standard InChI is InChI=1S/C20H36O2/c1-17(2,13-21)14-22-20-9-6-8-19(5,12-20)10-7-15-16(20)11-18(15,3)4/h15-16,21H,6-14H2,1-5H3. The highest BCUT2D eigenvalue weighted by atomic mass is 16.5. The number of aliphatic hydroxyl groups is 1. The Balaban J connectivity index is 1.84. The maximum atomic E-state index is 9.59. The lowest BCUT2D eigenvalue weighted by atomic mass is 9.49. The van der Waals surface area contributed by atoms with Gasteiger partial charge in [-0.1, -0.05) is 41.0 Å². The molecule has 3 aliphatic carbocycles. The highest BCUT2D eigenvalue weighted by molar-refractivity contribution is 5.11. The molecule has 128 valence electrons. The summed E-state index contributed by atoms with van der Waals surface area (Å²) < 4.78 is 6.71. The molecule has 3 aliphatic rings. The first-order valence-corrected chi connectivity index (χ1v) is 9.36. The molecule has 0 saturated heterocycles. The molecule has 0 spiro atoms. The summed E-state index contributed by atoms with van der Waals surface area (Å²) in [4.78, 5) is 0. The minimum Gasteiger partial charge on any atom is -0.396 e. The zero-order chi connectivity index (χ0) is 16.2. The van der Waals surface area contributed by atoms with Crippen molar-refractivity contribution in [3.63, 3.8) is 0 Å². The SMILES string of the molecule is CC(C)(CO)COC12CCCC(C)(CCC3C1CC3(C)C)C2. The van der Waals surface area contributed by atoms with Crippen molar-refractivity contribution < 1.29 is 9.84 Å². The van der Waals surface area contributed by atoms with E-state index in [1.807, 2.05) is 0 Å². The van der Waals surface area contributed by atoms with Crippen LogP contribution >= 0.6 is 0 Å². The Morgan fingerprint density at radius 1 is 1.09 bits per heavy atom. The molecule has 4 unspecified atom stereocenters. The summed E-state index contributed by atoms with van der Waals surface area (Å²) in [5, 5.41) is 9.59. The summed E-state index contributed by atoms with van der Waals surface area (Å²) >= 11 is 0. The zero-order valence-corrected chi connectivity index (χ0v) is 15.4. The van der Waals surface area contributed by atoms with E-state index in [0.29, 0.717) is 17.4 Å². The number of rotatable bonds is 4. The van der Waals surface area contributed by atoms with E-state index in [1.54, 1.807) is 0 Å². The van der Waals surface area contributed by atoms with Crippen molar-refractivity contribution >= 4 is 0 Å². The Morgan fingerprint density at radius 3 is 2.45 bits per heavy atom. The topological polar surface area (TPSA) is 29.5 Å². The van der Waals surface area contributed by atoms with Crippen LogP contribution in [0.25, 0.3) is 0 Å². The predicted octanol–water partition coefficient (Wildman–Crippen LogP) is 4.80. The summed E-state index contributed by atoms with van der Waals surface area (Å²) in [6.07, 6.45) is 9.28. The van der Waals surface area contributed by atoms with Crippen LogP contribution in [0.2, 0.25) is 0 Å². The van der Waals surface area contributed by atoms with Crippen molar-refractivity contribution in [2.45, 2.75) is 85.2 Å². The van der Waals surface area contributed by atoms with Crippen molar-refractivity contribution in [2.24, 2.45) is 28.1 Å². The molecule has 2 bridgehead atoms. The van der Waals surface area contributed by atoms with Crippen LogP contribution in [0.4, 0.5) is 0 Å². The van der Waals surface area contributed by atoms with E-state index in [1.165, 1.54) is 44.9 Å². The lowest BCUT2D eigenvalue weighted by Crippen LogP contribution is -2.58. The van der Waals surface area contributed by atoms with Gasteiger partial charge in [0.05, 0.1) is 18.8 Å². The zero-order valence-electron chi connectivity index (χ0n) is 15.4. The highest BCUT2D eigenvalue weighted by Crippen LogP contribution is 2.65. The molecule has 0 heterocycles. The van der Waals surface area contributed by atoms with Crippen LogP contribution in [-0.2, 0) is 4.74 Å². The first-order chi connectivity index (χ1) is 10.1. The third kappa shape index (κ3) is 2.75. The fraction of sp³-hybridized carbons (Fsp3) is 1.00. The van der Waals surface area contributed by atoms with Gasteiger partial charge in [-0.15, -0.1) is 0 Å². The molecule has 0 amide bonds. The second-order valence-corrected chi connectivity index (χ2v) is 10.5. The molecule has 4 atom stereocenters. The molecule has 3 saturated carbocycles. The van der Waals surface area contributed by atoms with Gasteiger partial charge in [-0.05, 0) is 61.2 Å². The van der Waals surface area contributed by atoms with E-state index in [2.05, 4.69) is 34.6 Å². The Hall–Kier alpha value is -0.0800. The molecular weight excluding hydrogens is 272 g/mol. The average molecular weight is 309 g/mol. The minimum absolute atomic E-state index is 0.0934. The van der Waals surface area contributed by atoms with Crippen molar-refractivity contribution in [1.29, 1.82) is 0 Å². The number of fused-ring (bicyclic) bond motifs is 4. The van der Waals surface area contributed by atoms with Crippen molar-refractivity contribution in [3.05, 3.63) is 0 Å². The quantitative estimate of drug-likeness (QED) is 0.808. The average Bonchev–Trinajstić information content (AvgIpc) is 2.49. The van der Waals surface area contributed by atoms with Gasteiger partial charge in [-0.25, -0.2) is 0 Å². The van der Waals surface area contributed by atoms with Crippen LogP contribution in [0.3, 0.4) is 0 Å². The van der Waals surface area contributed by atoms with E-state index in [4.69, 9.17) is 4.74 Å². The van der Waals surface area contributed by atoms with E-state index >= 15 is 0 Å². The monoisotopic (exact) mass is 308 g/mol. The molecule has 1 N–H and O–H groups in total. The Kier molecular flexibility index (Phi) is 3.97. The molecule has 22 heavy (non-hydrogen) atoms. The molecule has 0 aromatic rings. The number of hydrogen-bond acceptors (Lipinski definition) is 2. The smallest absolute Gasteiger partial charge is 0.0719 e. The van der Waals surface area contributed by atoms with Gasteiger partial charge in [0.2, 0.25) is 0 Å². The molecule has 2 heteroatoms. The molecule has 3 fully saturated rings. The summed E-state index contributed by atoms with van der Waals surface area (Å²) in [5.41, 5.74) is 0.955. The molecule has 0 aromatic heterocycles. The van der Waals surface area contributed by atoms with Crippen LogP contribution in [0, 0.1) is 28.1 Å². The second kappa shape index (κ2) is 5.21. The first-order valence-electron chi connectivity index (χ1n) is 9.36. The van der Waals surface area contributed by atoms with Gasteiger partial charge >= 0.3 is 0 Å². The van der Waals surface area contributed by atoms with E-state index < -0.39 is 0 Å². The predicted molar refractivity (Wildman–Crippen MR) is 90.7 cm³/mol. The minimum atomic E-state index is -0.121. The maximum absolute atomic E-state index is 9.59. The van der Waals surface area contributed by atoms with Crippen molar-refractivity contribution in [1.82, 2.24) is 0 Å². The molecule has 0 radical (unpaired) electrons. The fourth-order valence-corrected chi connectivity index (χ4v) is 5.75. The molecule has 2 nitrogen and oxygen atoms in total. The van der Waals surface area contributed by atoms with Crippen LogP contribution in [0.15, 0.2) is 0 Å². The van der Waals surface area contributed by atoms with E-state index in [-0.39, 0.29) is 17.6 Å². The second-order valence-electron chi connectivity index (χ2n) is 10.5. The summed E-state index contributed by atoms with van der Waals surface area (Å²) in [5.74, 6) is 1.59. The number of ether oxygens (including phenoxy) is 1. The van der Waals surface area contributed by atoms with Gasteiger partial charge < -0.3 is 9.84 Å². The Labute approximate surface area is 137 Å². The molecule has 0 aliphatic heterocycles.